The third-order valence-corrected chi connectivity index (χ3v) is 9.07. The smallest absolute Gasteiger partial charge is 0.145 e. The van der Waals surface area contributed by atoms with Gasteiger partial charge in [0.2, 0.25) is 0 Å². The monoisotopic (exact) mass is 626 g/mol. The summed E-state index contributed by atoms with van der Waals surface area (Å²) in [7, 11) is 0. The van der Waals surface area contributed by atoms with Crippen LogP contribution in [0, 0.1) is 0 Å². The third-order valence-electron chi connectivity index (χ3n) is 9.07. The van der Waals surface area contributed by atoms with Gasteiger partial charge in [0.1, 0.15) is 5.65 Å². The summed E-state index contributed by atoms with van der Waals surface area (Å²) >= 11 is 0. The molecule has 0 spiro atoms. The molecule has 4 aromatic heterocycles. The molecule has 0 N–H and O–H groups in total. The van der Waals surface area contributed by atoms with Crippen molar-refractivity contribution in [1.82, 2.24) is 19.5 Å². The number of rotatable bonds is 6. The molecular weight excluding hydrogens is 597 g/mol. The maximum Gasteiger partial charge on any atom is 0.145 e. The lowest BCUT2D eigenvalue weighted by Crippen LogP contribution is -1.97. The number of hydrogen-bond acceptors (Lipinski definition) is 3. The fourth-order valence-corrected chi connectivity index (χ4v) is 6.74. The fourth-order valence-electron chi connectivity index (χ4n) is 6.74. The largest absolute Gasteiger partial charge is 0.294 e. The zero-order valence-corrected chi connectivity index (χ0v) is 26.6. The van der Waals surface area contributed by atoms with Gasteiger partial charge < -0.3 is 0 Å². The summed E-state index contributed by atoms with van der Waals surface area (Å²) in [5, 5.41) is 2.31. The zero-order chi connectivity index (χ0) is 32.6. The van der Waals surface area contributed by atoms with E-state index in [9.17, 15) is 0 Å². The van der Waals surface area contributed by atoms with Gasteiger partial charge in [-0.1, -0.05) is 97.1 Å². The minimum absolute atomic E-state index is 0.823. The number of fused-ring (bicyclic) bond motifs is 3. The van der Waals surface area contributed by atoms with Crippen molar-refractivity contribution in [3.63, 3.8) is 0 Å². The SMILES string of the molecule is c1ccc(-c2cc(-c3ccccc3)cc(-c3cc(-c4cccc(-n5c6ccccc6c6cccnc65)c4)nc(-c4ccccn4)c3)c2)cc1. The molecule has 0 aliphatic rings. The van der Waals surface area contributed by atoms with Crippen LogP contribution in [0.25, 0.3) is 83.6 Å². The average Bonchev–Trinajstić information content (AvgIpc) is 3.53. The molecule has 0 aliphatic carbocycles. The Bertz CT molecular complexity index is 2480. The van der Waals surface area contributed by atoms with E-state index in [1.165, 1.54) is 16.5 Å². The van der Waals surface area contributed by atoms with Crippen molar-refractivity contribution in [2.45, 2.75) is 0 Å². The van der Waals surface area contributed by atoms with E-state index in [2.05, 4.69) is 150 Å². The van der Waals surface area contributed by atoms with Gasteiger partial charge in [0, 0.05) is 34.4 Å². The van der Waals surface area contributed by atoms with Crippen LogP contribution in [0.4, 0.5) is 0 Å². The Kier molecular flexibility index (Phi) is 7.10. The minimum Gasteiger partial charge on any atom is -0.294 e. The van der Waals surface area contributed by atoms with Crippen LogP contribution >= 0.6 is 0 Å². The Morgan fingerprint density at radius 2 is 0.939 bits per heavy atom. The van der Waals surface area contributed by atoms with Crippen LogP contribution in [0.1, 0.15) is 0 Å². The molecule has 0 aliphatic heterocycles. The van der Waals surface area contributed by atoms with E-state index in [0.29, 0.717) is 0 Å². The Morgan fingerprint density at radius 1 is 0.347 bits per heavy atom. The van der Waals surface area contributed by atoms with Gasteiger partial charge in [-0.25, -0.2) is 9.97 Å². The van der Waals surface area contributed by atoms with E-state index in [0.717, 1.165) is 67.1 Å². The molecule has 0 saturated heterocycles. The molecule has 0 amide bonds. The highest BCUT2D eigenvalue weighted by atomic mass is 15.0. The zero-order valence-electron chi connectivity index (χ0n) is 26.6. The molecule has 0 bridgehead atoms. The fraction of sp³-hybridized carbons (Fsp3) is 0. The van der Waals surface area contributed by atoms with E-state index in [1.807, 2.05) is 36.7 Å². The summed E-state index contributed by atoms with van der Waals surface area (Å²) in [5.41, 5.74) is 13.5. The molecule has 0 radical (unpaired) electrons. The van der Waals surface area contributed by atoms with Crippen LogP contribution in [0.2, 0.25) is 0 Å². The quantitative estimate of drug-likeness (QED) is 0.184. The van der Waals surface area contributed by atoms with Crippen LogP contribution in [0.5, 0.6) is 0 Å². The summed E-state index contributed by atoms with van der Waals surface area (Å²) in [6.07, 6.45) is 3.68. The first-order valence-corrected chi connectivity index (χ1v) is 16.4. The summed E-state index contributed by atoms with van der Waals surface area (Å²) in [6.45, 7) is 0. The Labute approximate surface area is 284 Å². The van der Waals surface area contributed by atoms with E-state index >= 15 is 0 Å². The Balaban J connectivity index is 1.25. The van der Waals surface area contributed by atoms with Crippen LogP contribution < -0.4 is 0 Å². The first kappa shape index (κ1) is 28.6. The number of aromatic nitrogens is 4. The number of pyridine rings is 3. The van der Waals surface area contributed by atoms with Gasteiger partial charge in [-0.15, -0.1) is 0 Å². The highest BCUT2D eigenvalue weighted by Gasteiger charge is 2.16. The number of hydrogen-bond donors (Lipinski definition) is 0. The van der Waals surface area contributed by atoms with Gasteiger partial charge in [0.15, 0.2) is 0 Å². The summed E-state index contributed by atoms with van der Waals surface area (Å²) in [5.74, 6) is 0. The van der Waals surface area contributed by atoms with E-state index in [-0.39, 0.29) is 0 Å². The maximum absolute atomic E-state index is 5.22. The van der Waals surface area contributed by atoms with E-state index in [4.69, 9.17) is 15.0 Å². The molecule has 4 nitrogen and oxygen atoms in total. The summed E-state index contributed by atoms with van der Waals surface area (Å²) in [6, 6.07) is 59.5. The van der Waals surface area contributed by atoms with E-state index < -0.39 is 0 Å². The first-order valence-electron chi connectivity index (χ1n) is 16.4. The van der Waals surface area contributed by atoms with Crippen LogP contribution in [0.15, 0.2) is 182 Å². The van der Waals surface area contributed by atoms with Gasteiger partial charge in [-0.2, -0.15) is 0 Å². The highest BCUT2D eigenvalue weighted by Crippen LogP contribution is 2.37. The van der Waals surface area contributed by atoms with Crippen LogP contribution in [0.3, 0.4) is 0 Å². The van der Waals surface area contributed by atoms with Crippen molar-refractivity contribution < 1.29 is 0 Å². The Hall–Kier alpha value is -6.65. The predicted molar refractivity (Wildman–Crippen MR) is 201 cm³/mol. The third kappa shape index (κ3) is 5.35. The molecule has 9 aromatic rings. The van der Waals surface area contributed by atoms with Gasteiger partial charge >= 0.3 is 0 Å². The second-order valence-corrected chi connectivity index (χ2v) is 12.1. The topological polar surface area (TPSA) is 43.6 Å². The molecule has 49 heavy (non-hydrogen) atoms. The van der Waals surface area contributed by atoms with Gasteiger partial charge in [-0.3, -0.25) is 9.55 Å². The highest BCUT2D eigenvalue weighted by molar-refractivity contribution is 6.07. The molecule has 0 fully saturated rings. The normalized spacial score (nSPS) is 11.3. The Morgan fingerprint density at radius 3 is 1.67 bits per heavy atom. The second-order valence-electron chi connectivity index (χ2n) is 12.1. The molecular formula is C45H30N4. The molecule has 0 unspecified atom stereocenters. The molecule has 0 atom stereocenters. The lowest BCUT2D eigenvalue weighted by atomic mass is 9.92. The first-order chi connectivity index (χ1) is 24.3. The van der Waals surface area contributed by atoms with E-state index in [1.54, 1.807) is 0 Å². The molecule has 5 aromatic carbocycles. The number of nitrogens with zero attached hydrogens (tertiary/aromatic N) is 4. The molecule has 4 heterocycles. The van der Waals surface area contributed by atoms with Gasteiger partial charge in [-0.05, 0) is 106 Å². The maximum atomic E-state index is 5.22. The van der Waals surface area contributed by atoms with Crippen molar-refractivity contribution >= 4 is 21.9 Å². The lowest BCUT2D eigenvalue weighted by molar-refractivity contribution is 1.13. The van der Waals surface area contributed by atoms with Crippen molar-refractivity contribution in [2.75, 3.05) is 0 Å². The minimum atomic E-state index is 0.823. The van der Waals surface area contributed by atoms with Gasteiger partial charge in [0.05, 0.1) is 22.6 Å². The summed E-state index contributed by atoms with van der Waals surface area (Å²) < 4.78 is 2.24. The molecule has 9 rings (SSSR count). The van der Waals surface area contributed by atoms with Crippen molar-refractivity contribution in [3.05, 3.63) is 182 Å². The lowest BCUT2D eigenvalue weighted by Gasteiger charge is -2.14. The van der Waals surface area contributed by atoms with Crippen LogP contribution in [-0.4, -0.2) is 19.5 Å². The number of benzene rings is 5. The average molecular weight is 627 g/mol. The van der Waals surface area contributed by atoms with Crippen molar-refractivity contribution in [2.24, 2.45) is 0 Å². The van der Waals surface area contributed by atoms with Crippen molar-refractivity contribution in [3.8, 4) is 61.7 Å². The second kappa shape index (κ2) is 12.2. The standard InChI is InChI=1S/C45H30N4/c1-3-13-31(14-4-1)34-25-35(32-15-5-2-6-16-32)27-36(26-34)37-29-42(48-43(30-37)41-21-9-10-23-46-41)33-17-11-18-38(28-33)49-44-22-8-7-19-39(44)40-20-12-24-47-45(40)49/h1-30H. The molecule has 0 saturated carbocycles. The van der Waals surface area contributed by atoms with Gasteiger partial charge in [0.25, 0.3) is 0 Å². The molecule has 4 heteroatoms. The van der Waals surface area contributed by atoms with Crippen molar-refractivity contribution in [1.29, 1.82) is 0 Å². The summed E-state index contributed by atoms with van der Waals surface area (Å²) in [4.78, 5) is 14.7. The van der Waals surface area contributed by atoms with Crippen LogP contribution in [-0.2, 0) is 0 Å². The number of para-hydroxylation sites is 1. The molecule has 230 valence electrons. The predicted octanol–water partition coefficient (Wildman–Crippen LogP) is 11.3.